The van der Waals surface area contributed by atoms with E-state index < -0.39 is 0 Å². The van der Waals surface area contributed by atoms with Gasteiger partial charge in [0.25, 0.3) is 0 Å². The average molecular weight is 240 g/mol. The molecule has 0 fully saturated rings. The number of carbonyl (C=O) groups excluding carboxylic acids is 1. The first-order chi connectivity index (χ1) is 7.67. The van der Waals surface area contributed by atoms with E-state index in [1.807, 2.05) is 24.3 Å². The summed E-state index contributed by atoms with van der Waals surface area (Å²) in [5, 5.41) is 2.87. The Morgan fingerprint density at radius 3 is 2.56 bits per heavy atom. The summed E-state index contributed by atoms with van der Waals surface area (Å²) in [5.74, 6) is 1.12. The molecule has 1 atom stereocenters. The van der Waals surface area contributed by atoms with Gasteiger partial charge in [-0.05, 0) is 31.3 Å². The minimum atomic E-state index is -0.330. The van der Waals surface area contributed by atoms with Gasteiger partial charge in [-0.3, -0.25) is 4.79 Å². The highest BCUT2D eigenvalue weighted by molar-refractivity contribution is 7.99. The van der Waals surface area contributed by atoms with Crippen molar-refractivity contribution in [2.45, 2.75) is 10.9 Å². The molecule has 1 aromatic carbocycles. The first-order valence-corrected chi connectivity index (χ1v) is 5.89. The number of primary amides is 1. The molecule has 1 unspecified atom stereocenters. The molecule has 0 saturated carbocycles. The smallest absolute Gasteiger partial charge is 0.235 e. The van der Waals surface area contributed by atoms with Crippen LogP contribution in [0.1, 0.15) is 0 Å². The molecular formula is C11H16N2O2S. The van der Waals surface area contributed by atoms with Gasteiger partial charge in [-0.2, -0.15) is 0 Å². The number of nitrogens with two attached hydrogens (primary N) is 1. The lowest BCUT2D eigenvalue weighted by molar-refractivity contribution is -0.119. The Hall–Kier alpha value is -1.20. The maximum absolute atomic E-state index is 11.0. The van der Waals surface area contributed by atoms with Crippen LogP contribution >= 0.6 is 11.8 Å². The van der Waals surface area contributed by atoms with Crippen LogP contribution in [0.25, 0.3) is 0 Å². The van der Waals surface area contributed by atoms with Crippen molar-refractivity contribution in [2.75, 3.05) is 19.9 Å². The van der Waals surface area contributed by atoms with Crippen molar-refractivity contribution < 1.29 is 9.53 Å². The van der Waals surface area contributed by atoms with E-state index in [0.717, 1.165) is 10.6 Å². The molecule has 4 nitrogen and oxygen atoms in total. The molecule has 0 aromatic heterocycles. The van der Waals surface area contributed by atoms with Crippen LogP contribution in [0.15, 0.2) is 29.2 Å². The molecule has 0 heterocycles. The number of amides is 1. The highest BCUT2D eigenvalue weighted by Crippen LogP contribution is 2.21. The van der Waals surface area contributed by atoms with Gasteiger partial charge >= 0.3 is 0 Å². The van der Waals surface area contributed by atoms with Crippen LogP contribution in [0, 0.1) is 0 Å². The zero-order valence-electron chi connectivity index (χ0n) is 9.40. The summed E-state index contributed by atoms with van der Waals surface area (Å²) in [6.45, 7) is 0. The van der Waals surface area contributed by atoms with Crippen LogP contribution < -0.4 is 15.8 Å². The van der Waals surface area contributed by atoms with Gasteiger partial charge in [-0.15, -0.1) is 11.8 Å². The van der Waals surface area contributed by atoms with E-state index >= 15 is 0 Å². The van der Waals surface area contributed by atoms with E-state index in [9.17, 15) is 4.79 Å². The molecular weight excluding hydrogens is 224 g/mol. The number of carbonyl (C=O) groups is 1. The van der Waals surface area contributed by atoms with Crippen molar-refractivity contribution in [3.05, 3.63) is 24.3 Å². The van der Waals surface area contributed by atoms with E-state index in [-0.39, 0.29) is 11.9 Å². The highest BCUT2D eigenvalue weighted by atomic mass is 32.2. The van der Waals surface area contributed by atoms with Gasteiger partial charge in [0.1, 0.15) is 5.75 Å². The van der Waals surface area contributed by atoms with E-state index in [2.05, 4.69) is 5.32 Å². The number of benzene rings is 1. The summed E-state index contributed by atoms with van der Waals surface area (Å²) in [5.41, 5.74) is 5.22. The van der Waals surface area contributed by atoms with E-state index in [0.29, 0.717) is 5.75 Å². The molecule has 0 aliphatic rings. The second kappa shape index (κ2) is 6.40. The molecule has 0 spiro atoms. The molecule has 5 heteroatoms. The summed E-state index contributed by atoms with van der Waals surface area (Å²) >= 11 is 1.58. The number of hydrogen-bond acceptors (Lipinski definition) is 4. The second-order valence-corrected chi connectivity index (χ2v) is 4.32. The van der Waals surface area contributed by atoms with Crippen LogP contribution in [0.3, 0.4) is 0 Å². The van der Waals surface area contributed by atoms with Crippen molar-refractivity contribution >= 4 is 17.7 Å². The fourth-order valence-corrected chi connectivity index (χ4v) is 2.18. The Bertz CT molecular complexity index is 340. The van der Waals surface area contributed by atoms with Gasteiger partial charge in [0, 0.05) is 10.6 Å². The van der Waals surface area contributed by atoms with Crippen LogP contribution in [0.4, 0.5) is 0 Å². The quantitative estimate of drug-likeness (QED) is 0.724. The SMILES string of the molecule is CNC(CSc1ccc(OC)cc1)C(N)=O. The van der Waals surface area contributed by atoms with Crippen LogP contribution in [0.2, 0.25) is 0 Å². The summed E-state index contributed by atoms with van der Waals surface area (Å²) < 4.78 is 5.06. The van der Waals surface area contributed by atoms with E-state index in [4.69, 9.17) is 10.5 Å². The molecule has 3 N–H and O–H groups in total. The molecule has 88 valence electrons. The number of hydrogen-bond donors (Lipinski definition) is 2. The maximum atomic E-state index is 11.0. The van der Waals surface area contributed by atoms with Gasteiger partial charge in [-0.25, -0.2) is 0 Å². The van der Waals surface area contributed by atoms with E-state index in [1.165, 1.54) is 0 Å². The van der Waals surface area contributed by atoms with Crippen LogP contribution in [-0.2, 0) is 4.79 Å². The largest absolute Gasteiger partial charge is 0.497 e. The number of nitrogens with one attached hydrogen (secondary N) is 1. The Labute approximate surface area is 99.5 Å². The molecule has 0 bridgehead atoms. The van der Waals surface area contributed by atoms with Gasteiger partial charge in [0.2, 0.25) is 5.91 Å². The topological polar surface area (TPSA) is 64.3 Å². The molecule has 1 aromatic rings. The van der Waals surface area contributed by atoms with Gasteiger partial charge < -0.3 is 15.8 Å². The van der Waals surface area contributed by atoms with Crippen molar-refractivity contribution in [1.29, 1.82) is 0 Å². The van der Waals surface area contributed by atoms with Crippen LogP contribution in [-0.4, -0.2) is 31.9 Å². The third-order valence-corrected chi connectivity index (χ3v) is 3.27. The molecule has 1 rings (SSSR count). The number of methoxy groups -OCH3 is 1. The molecule has 1 amide bonds. The van der Waals surface area contributed by atoms with Gasteiger partial charge in [0.05, 0.1) is 13.2 Å². The lowest BCUT2D eigenvalue weighted by Gasteiger charge is -2.11. The molecule has 16 heavy (non-hydrogen) atoms. The van der Waals surface area contributed by atoms with E-state index in [1.54, 1.807) is 25.9 Å². The standard InChI is InChI=1S/C11H16N2O2S/c1-13-10(11(12)14)7-16-9-5-3-8(15-2)4-6-9/h3-6,10,13H,7H2,1-2H3,(H2,12,14). The summed E-state index contributed by atoms with van der Waals surface area (Å²) in [6.07, 6.45) is 0. The second-order valence-electron chi connectivity index (χ2n) is 3.23. The number of likely N-dealkylation sites (N-methyl/N-ethyl adjacent to an activating group) is 1. The lowest BCUT2D eigenvalue weighted by atomic mass is 10.3. The predicted molar refractivity (Wildman–Crippen MR) is 65.8 cm³/mol. The Kier molecular flexibility index (Phi) is 5.14. The van der Waals surface area contributed by atoms with Crippen molar-refractivity contribution in [1.82, 2.24) is 5.32 Å². The highest BCUT2D eigenvalue weighted by Gasteiger charge is 2.12. The van der Waals surface area contributed by atoms with Gasteiger partial charge in [0.15, 0.2) is 0 Å². The fourth-order valence-electron chi connectivity index (χ4n) is 1.16. The zero-order chi connectivity index (χ0) is 12.0. The number of ether oxygens (including phenoxy) is 1. The first kappa shape index (κ1) is 12.9. The Balaban J connectivity index is 2.50. The molecule has 0 saturated heterocycles. The minimum absolute atomic E-state index is 0.299. The average Bonchev–Trinajstić information content (AvgIpc) is 2.30. The van der Waals surface area contributed by atoms with Crippen LogP contribution in [0.5, 0.6) is 5.75 Å². The Morgan fingerprint density at radius 2 is 2.12 bits per heavy atom. The normalized spacial score (nSPS) is 12.1. The zero-order valence-corrected chi connectivity index (χ0v) is 10.2. The van der Waals surface area contributed by atoms with Crippen molar-refractivity contribution in [3.63, 3.8) is 0 Å². The predicted octanol–water partition coefficient (Wildman–Crippen LogP) is 0.861. The van der Waals surface area contributed by atoms with Crippen molar-refractivity contribution in [2.24, 2.45) is 5.73 Å². The third-order valence-electron chi connectivity index (χ3n) is 2.17. The third kappa shape index (κ3) is 3.75. The fraction of sp³-hybridized carbons (Fsp3) is 0.364. The monoisotopic (exact) mass is 240 g/mol. The number of thioether (sulfide) groups is 1. The first-order valence-electron chi connectivity index (χ1n) is 4.90. The Morgan fingerprint density at radius 1 is 1.50 bits per heavy atom. The lowest BCUT2D eigenvalue weighted by Crippen LogP contribution is -2.41. The van der Waals surface area contributed by atoms with Gasteiger partial charge in [-0.1, -0.05) is 0 Å². The molecule has 0 aliphatic carbocycles. The number of rotatable bonds is 6. The summed E-state index contributed by atoms with van der Waals surface area (Å²) in [4.78, 5) is 12.1. The summed E-state index contributed by atoms with van der Waals surface area (Å²) in [7, 11) is 3.36. The molecule has 0 aliphatic heterocycles. The molecule has 0 radical (unpaired) electrons. The maximum Gasteiger partial charge on any atom is 0.235 e. The minimum Gasteiger partial charge on any atom is -0.497 e. The summed E-state index contributed by atoms with van der Waals surface area (Å²) in [6, 6.07) is 7.39. The van der Waals surface area contributed by atoms with Crippen molar-refractivity contribution in [3.8, 4) is 5.75 Å².